The Morgan fingerprint density at radius 3 is 3.00 bits per heavy atom. The van der Waals surface area contributed by atoms with Gasteiger partial charge in [-0.05, 0) is 20.0 Å². The maximum atomic E-state index is 6.70. The molecule has 0 spiro atoms. The molecule has 48 valence electrons. The van der Waals surface area contributed by atoms with Crippen LogP contribution in [0.1, 0.15) is 6.42 Å². The van der Waals surface area contributed by atoms with Crippen molar-refractivity contribution in [2.45, 2.75) is 6.42 Å². The van der Waals surface area contributed by atoms with E-state index in [0.29, 0.717) is 0 Å². The van der Waals surface area contributed by atoms with Crippen LogP contribution < -0.4 is 0 Å². The monoisotopic (exact) mass is 122 g/mol. The molecule has 1 aliphatic heterocycles. The Balaban J connectivity index is 2.53. The second-order valence-electron chi connectivity index (χ2n) is 2.32. The first-order valence-electron chi connectivity index (χ1n) is 3.08. The number of hydrogen-bond acceptors (Lipinski definition) is 1. The van der Waals surface area contributed by atoms with Gasteiger partial charge < -0.3 is 4.90 Å². The van der Waals surface area contributed by atoms with E-state index in [2.05, 4.69) is 16.8 Å². The average Bonchev–Trinajstić information content (AvgIpc) is 1.90. The van der Waals surface area contributed by atoms with E-state index in [1.165, 1.54) is 0 Å². The van der Waals surface area contributed by atoms with Crippen LogP contribution >= 0.6 is 0 Å². The van der Waals surface area contributed by atoms with Gasteiger partial charge >= 0.3 is 0 Å². The third-order valence-electron chi connectivity index (χ3n) is 1.53. The summed E-state index contributed by atoms with van der Waals surface area (Å²) < 4.78 is 0. The number of rotatable bonds is 0. The lowest BCUT2D eigenvalue weighted by Crippen LogP contribution is -2.23. The maximum absolute atomic E-state index is 6.70. The van der Waals surface area contributed by atoms with E-state index in [0.717, 1.165) is 25.2 Å². The molecule has 0 fully saturated rings. The third kappa shape index (κ3) is 1.55. The van der Waals surface area contributed by atoms with Crippen LogP contribution in [0.2, 0.25) is 0 Å². The fraction of sp³-hybridized carbons (Fsp3) is 0.571. The van der Waals surface area contributed by atoms with Gasteiger partial charge in [0.1, 0.15) is 0 Å². The van der Waals surface area contributed by atoms with Crippen molar-refractivity contribution in [2.75, 3.05) is 20.1 Å². The van der Waals surface area contributed by atoms with Gasteiger partial charge in [0.05, 0.1) is 6.57 Å². The van der Waals surface area contributed by atoms with Crippen molar-refractivity contribution in [1.82, 2.24) is 4.90 Å². The van der Waals surface area contributed by atoms with Crippen molar-refractivity contribution in [1.29, 1.82) is 0 Å². The van der Waals surface area contributed by atoms with E-state index >= 15 is 0 Å². The van der Waals surface area contributed by atoms with Crippen LogP contribution in [0.25, 0.3) is 4.85 Å². The lowest BCUT2D eigenvalue weighted by Gasteiger charge is -2.18. The van der Waals surface area contributed by atoms with Gasteiger partial charge in [-0.15, -0.1) is 0 Å². The highest BCUT2D eigenvalue weighted by atomic mass is 15.1. The molecule has 0 aromatic carbocycles. The SMILES string of the molecule is [C-]#[N+]C1=CCN(C)CC1. The predicted octanol–water partition coefficient (Wildman–Crippen LogP) is 1.13. The molecule has 0 saturated carbocycles. The third-order valence-corrected chi connectivity index (χ3v) is 1.53. The molecule has 2 nitrogen and oxygen atoms in total. The summed E-state index contributed by atoms with van der Waals surface area (Å²) in [4.78, 5) is 5.57. The van der Waals surface area contributed by atoms with Crippen LogP contribution in [0.5, 0.6) is 0 Å². The molecule has 1 aliphatic rings. The summed E-state index contributed by atoms with van der Waals surface area (Å²) in [6.45, 7) is 8.68. The largest absolute Gasteiger partial charge is 0.305 e. The van der Waals surface area contributed by atoms with Crippen molar-refractivity contribution in [3.05, 3.63) is 23.2 Å². The molecule has 0 amide bonds. The summed E-state index contributed by atoms with van der Waals surface area (Å²) in [6.07, 6.45) is 2.93. The van der Waals surface area contributed by atoms with Gasteiger partial charge in [-0.1, -0.05) is 6.08 Å². The smallest absolute Gasteiger partial charge is 0.164 e. The van der Waals surface area contributed by atoms with Gasteiger partial charge in [-0.2, -0.15) is 0 Å². The van der Waals surface area contributed by atoms with Crippen molar-refractivity contribution in [3.63, 3.8) is 0 Å². The van der Waals surface area contributed by atoms with Crippen molar-refractivity contribution in [3.8, 4) is 0 Å². The summed E-state index contributed by atoms with van der Waals surface area (Å²) >= 11 is 0. The average molecular weight is 122 g/mol. The molecule has 0 atom stereocenters. The minimum Gasteiger partial charge on any atom is -0.305 e. The van der Waals surface area contributed by atoms with Gasteiger partial charge in [-0.3, -0.25) is 0 Å². The Morgan fingerprint density at radius 1 is 1.78 bits per heavy atom. The molecular formula is C7H10N2. The Labute approximate surface area is 55.6 Å². The summed E-state index contributed by atoms with van der Waals surface area (Å²) in [5, 5.41) is 0. The number of hydrogen-bond donors (Lipinski definition) is 0. The molecule has 1 rings (SSSR count). The van der Waals surface area contributed by atoms with Crippen LogP contribution in [-0.4, -0.2) is 25.0 Å². The fourth-order valence-electron chi connectivity index (χ4n) is 0.862. The number of likely N-dealkylation sites (N-methyl/N-ethyl adjacent to an activating group) is 1. The van der Waals surface area contributed by atoms with Gasteiger partial charge in [-0.25, -0.2) is 4.85 Å². The maximum Gasteiger partial charge on any atom is 0.164 e. The quantitative estimate of drug-likeness (QED) is 0.437. The highest BCUT2D eigenvalue weighted by molar-refractivity contribution is 5.13. The van der Waals surface area contributed by atoms with E-state index in [1.54, 1.807) is 0 Å². The van der Waals surface area contributed by atoms with Crippen molar-refractivity contribution >= 4 is 0 Å². The molecule has 0 aliphatic carbocycles. The normalized spacial score (nSPS) is 20.7. The molecule has 0 radical (unpaired) electrons. The lowest BCUT2D eigenvalue weighted by molar-refractivity contribution is 0.361. The standard InChI is InChI=1S/C7H10N2/c1-8-7-3-5-9(2)6-4-7/h3H,4-6H2,2H3. The first-order valence-corrected chi connectivity index (χ1v) is 3.08. The van der Waals surface area contributed by atoms with E-state index in [1.807, 2.05) is 6.08 Å². The van der Waals surface area contributed by atoms with Crippen molar-refractivity contribution in [2.24, 2.45) is 0 Å². The first-order chi connectivity index (χ1) is 4.33. The molecular weight excluding hydrogens is 112 g/mol. The predicted molar refractivity (Wildman–Crippen MR) is 36.8 cm³/mol. The van der Waals surface area contributed by atoms with Crippen LogP contribution in [0.15, 0.2) is 11.8 Å². The first kappa shape index (κ1) is 6.31. The molecule has 0 N–H and O–H groups in total. The summed E-state index contributed by atoms with van der Waals surface area (Å²) in [5.74, 6) is 0. The minimum atomic E-state index is 0.924. The summed E-state index contributed by atoms with van der Waals surface area (Å²) in [6, 6.07) is 0. The highest BCUT2D eigenvalue weighted by Gasteiger charge is 2.05. The topological polar surface area (TPSA) is 7.60 Å². The Kier molecular flexibility index (Phi) is 1.86. The van der Waals surface area contributed by atoms with Gasteiger partial charge in [0, 0.05) is 6.54 Å². The molecule has 0 bridgehead atoms. The van der Waals surface area contributed by atoms with Crippen LogP contribution in [-0.2, 0) is 0 Å². The fourth-order valence-corrected chi connectivity index (χ4v) is 0.862. The second-order valence-corrected chi connectivity index (χ2v) is 2.32. The van der Waals surface area contributed by atoms with Crippen LogP contribution in [0.3, 0.4) is 0 Å². The highest BCUT2D eigenvalue weighted by Crippen LogP contribution is 2.08. The molecule has 0 saturated heterocycles. The zero-order valence-electron chi connectivity index (χ0n) is 5.59. The molecule has 0 unspecified atom stereocenters. The molecule has 2 heteroatoms. The summed E-state index contributed by atoms with van der Waals surface area (Å²) in [7, 11) is 2.07. The van der Waals surface area contributed by atoms with Gasteiger partial charge in [0.25, 0.3) is 0 Å². The zero-order chi connectivity index (χ0) is 6.69. The Bertz CT molecular complexity index is 164. The summed E-state index contributed by atoms with van der Waals surface area (Å²) in [5.41, 5.74) is 0.924. The molecule has 1 heterocycles. The van der Waals surface area contributed by atoms with E-state index < -0.39 is 0 Å². The second kappa shape index (κ2) is 2.65. The van der Waals surface area contributed by atoms with Crippen LogP contribution in [0, 0.1) is 6.57 Å². The van der Waals surface area contributed by atoms with E-state index in [4.69, 9.17) is 6.57 Å². The lowest BCUT2D eigenvalue weighted by atomic mass is 10.2. The van der Waals surface area contributed by atoms with E-state index in [9.17, 15) is 0 Å². The van der Waals surface area contributed by atoms with Crippen molar-refractivity contribution < 1.29 is 0 Å². The van der Waals surface area contributed by atoms with Gasteiger partial charge in [0.15, 0.2) is 5.70 Å². The van der Waals surface area contributed by atoms with Gasteiger partial charge in [0.2, 0.25) is 0 Å². The molecule has 9 heavy (non-hydrogen) atoms. The Morgan fingerprint density at radius 2 is 2.56 bits per heavy atom. The number of nitrogens with zero attached hydrogens (tertiary/aromatic N) is 2. The molecule has 0 aromatic rings. The Hall–Kier alpha value is -0.810. The molecule has 0 aromatic heterocycles. The zero-order valence-corrected chi connectivity index (χ0v) is 5.59. The van der Waals surface area contributed by atoms with Crippen LogP contribution in [0.4, 0.5) is 0 Å². The van der Waals surface area contributed by atoms with E-state index in [-0.39, 0.29) is 0 Å². The minimum absolute atomic E-state index is 0.924.